The summed E-state index contributed by atoms with van der Waals surface area (Å²) in [6.07, 6.45) is 2.19. The third kappa shape index (κ3) is 4.97. The lowest BCUT2D eigenvalue weighted by molar-refractivity contribution is -0.115. The Balaban J connectivity index is 1.58. The number of benzene rings is 2. The fraction of sp³-hybridized carbons (Fsp3) is 0.207. The van der Waals surface area contributed by atoms with E-state index in [1.165, 1.54) is 0 Å². The summed E-state index contributed by atoms with van der Waals surface area (Å²) >= 11 is 12.1. The molecule has 0 saturated carbocycles. The van der Waals surface area contributed by atoms with Crippen LogP contribution < -0.4 is 15.5 Å². The van der Waals surface area contributed by atoms with Gasteiger partial charge in [-0.15, -0.1) is 0 Å². The molecule has 1 fully saturated rings. The summed E-state index contributed by atoms with van der Waals surface area (Å²) in [5.41, 5.74) is 5.49. The highest BCUT2D eigenvalue weighted by Gasteiger charge is 2.42. The monoisotopic (exact) mass is 530 g/mol. The molecule has 2 aromatic heterocycles. The molecule has 2 atom stereocenters. The summed E-state index contributed by atoms with van der Waals surface area (Å²) in [4.78, 5) is 18.6. The van der Waals surface area contributed by atoms with Crippen LogP contribution in [0.4, 0.5) is 11.4 Å². The van der Waals surface area contributed by atoms with Crippen LogP contribution in [-0.2, 0) is 4.79 Å². The second-order valence-electron chi connectivity index (χ2n) is 9.06. The van der Waals surface area contributed by atoms with Crippen LogP contribution in [0.25, 0.3) is 11.3 Å². The minimum atomic E-state index is -0.286. The number of rotatable bonds is 6. The summed E-state index contributed by atoms with van der Waals surface area (Å²) < 4.78 is 6.48. The molecule has 2 aromatic carbocycles. The van der Waals surface area contributed by atoms with Crippen molar-refractivity contribution < 1.29 is 9.21 Å². The largest absolute Gasteiger partial charge is 0.459 e. The quantitative estimate of drug-likeness (QED) is 0.258. The summed E-state index contributed by atoms with van der Waals surface area (Å²) in [5.74, 6) is 1.46. The molecule has 1 saturated heterocycles. The standard InChI is InChI=1S/C29H27ClN4O2S/c1-4-26(35)32-22-11-10-20(15-18(22)3)34-28(27(33-29(34)37)23-7-5-6-14-31-23)25-13-12-24(36-25)21-16-19(30)9-8-17(21)2/h5-16,27-28H,4H2,1-3H3,(H,32,35)(H,33,37)/t27-,28-/m0/s1. The highest BCUT2D eigenvalue weighted by Crippen LogP contribution is 2.43. The third-order valence-electron chi connectivity index (χ3n) is 6.56. The van der Waals surface area contributed by atoms with Crippen LogP contribution in [0.1, 0.15) is 48.0 Å². The van der Waals surface area contributed by atoms with Gasteiger partial charge in [0.25, 0.3) is 0 Å². The number of halogens is 1. The number of nitrogens with zero attached hydrogens (tertiary/aromatic N) is 2. The number of anilines is 2. The Morgan fingerprint density at radius 2 is 1.95 bits per heavy atom. The van der Waals surface area contributed by atoms with E-state index in [2.05, 4.69) is 20.5 Å². The van der Waals surface area contributed by atoms with E-state index in [1.54, 1.807) is 6.20 Å². The van der Waals surface area contributed by atoms with Crippen LogP contribution in [0, 0.1) is 13.8 Å². The molecule has 0 aliphatic carbocycles. The van der Waals surface area contributed by atoms with Gasteiger partial charge in [-0.25, -0.2) is 0 Å². The molecule has 3 heterocycles. The van der Waals surface area contributed by atoms with Gasteiger partial charge in [-0.3, -0.25) is 9.78 Å². The van der Waals surface area contributed by atoms with Crippen molar-refractivity contribution in [2.24, 2.45) is 0 Å². The lowest BCUT2D eigenvalue weighted by atomic mass is 10.0. The van der Waals surface area contributed by atoms with Gasteiger partial charge < -0.3 is 20.0 Å². The van der Waals surface area contributed by atoms with Crippen molar-refractivity contribution in [3.8, 4) is 11.3 Å². The number of amides is 1. The SMILES string of the molecule is CCC(=O)Nc1ccc(N2C(=S)N[C@@H](c3ccccn3)[C@@H]2c2ccc(-c3cc(Cl)ccc3C)o2)cc1C. The van der Waals surface area contributed by atoms with Gasteiger partial charge >= 0.3 is 0 Å². The number of hydrogen-bond donors (Lipinski definition) is 2. The average molecular weight is 531 g/mol. The fourth-order valence-electron chi connectivity index (χ4n) is 4.61. The van der Waals surface area contributed by atoms with E-state index >= 15 is 0 Å². The first-order valence-electron chi connectivity index (χ1n) is 12.1. The number of aryl methyl sites for hydroxylation is 2. The Kier molecular flexibility index (Phi) is 7.00. The number of nitrogens with one attached hydrogen (secondary N) is 2. The van der Waals surface area contributed by atoms with Crippen molar-refractivity contribution in [2.45, 2.75) is 39.3 Å². The molecule has 0 unspecified atom stereocenters. The number of pyridine rings is 1. The summed E-state index contributed by atoms with van der Waals surface area (Å²) in [6.45, 7) is 5.84. The summed E-state index contributed by atoms with van der Waals surface area (Å²) in [5, 5.41) is 7.63. The molecule has 1 aliphatic rings. The minimum Gasteiger partial charge on any atom is -0.459 e. The maximum Gasteiger partial charge on any atom is 0.224 e. The fourth-order valence-corrected chi connectivity index (χ4v) is 5.13. The number of aromatic nitrogens is 1. The Morgan fingerprint density at radius 3 is 2.68 bits per heavy atom. The van der Waals surface area contributed by atoms with Crippen LogP contribution >= 0.6 is 23.8 Å². The maximum atomic E-state index is 11.9. The predicted octanol–water partition coefficient (Wildman–Crippen LogP) is 7.14. The van der Waals surface area contributed by atoms with Gasteiger partial charge in [0.1, 0.15) is 17.6 Å². The molecule has 4 aromatic rings. The van der Waals surface area contributed by atoms with Gasteiger partial charge in [0.05, 0.1) is 11.7 Å². The summed E-state index contributed by atoms with van der Waals surface area (Å²) in [7, 11) is 0. The van der Waals surface area contributed by atoms with Crippen LogP contribution in [0.2, 0.25) is 5.02 Å². The van der Waals surface area contributed by atoms with Crippen molar-refractivity contribution in [3.63, 3.8) is 0 Å². The first-order chi connectivity index (χ1) is 17.9. The minimum absolute atomic E-state index is 0.0262. The number of thiocarbonyl (C=S) groups is 1. The molecule has 188 valence electrons. The first kappa shape index (κ1) is 25.0. The molecule has 2 N–H and O–H groups in total. The Morgan fingerprint density at radius 1 is 1.11 bits per heavy atom. The zero-order chi connectivity index (χ0) is 26.1. The van der Waals surface area contributed by atoms with E-state index in [0.717, 1.165) is 45.3 Å². The molecule has 37 heavy (non-hydrogen) atoms. The van der Waals surface area contributed by atoms with Crippen molar-refractivity contribution in [3.05, 3.63) is 101 Å². The van der Waals surface area contributed by atoms with Crippen LogP contribution in [0.5, 0.6) is 0 Å². The smallest absolute Gasteiger partial charge is 0.224 e. The van der Waals surface area contributed by atoms with Gasteiger partial charge in [-0.2, -0.15) is 0 Å². The van der Waals surface area contributed by atoms with Crippen LogP contribution in [0.3, 0.4) is 0 Å². The Hall–Kier alpha value is -3.68. The van der Waals surface area contributed by atoms with Gasteiger partial charge in [0, 0.05) is 34.6 Å². The van der Waals surface area contributed by atoms with Gasteiger partial charge in [0.15, 0.2) is 5.11 Å². The second-order valence-corrected chi connectivity index (χ2v) is 9.88. The average Bonchev–Trinajstić information content (AvgIpc) is 3.51. The van der Waals surface area contributed by atoms with E-state index in [0.29, 0.717) is 16.6 Å². The molecule has 6 nitrogen and oxygen atoms in total. The zero-order valence-corrected chi connectivity index (χ0v) is 22.4. The highest BCUT2D eigenvalue weighted by molar-refractivity contribution is 7.80. The van der Waals surface area contributed by atoms with E-state index in [4.69, 9.17) is 28.2 Å². The van der Waals surface area contributed by atoms with Crippen LogP contribution in [-0.4, -0.2) is 16.0 Å². The van der Waals surface area contributed by atoms with Crippen LogP contribution in [0.15, 0.2) is 77.3 Å². The number of furan rings is 1. The van der Waals surface area contributed by atoms with Crippen molar-refractivity contribution in [2.75, 3.05) is 10.2 Å². The number of hydrogen-bond acceptors (Lipinski definition) is 4. The molecule has 0 spiro atoms. The molecule has 1 aliphatic heterocycles. The zero-order valence-electron chi connectivity index (χ0n) is 20.8. The second kappa shape index (κ2) is 10.4. The third-order valence-corrected chi connectivity index (χ3v) is 7.11. The van der Waals surface area contributed by atoms with Crippen molar-refractivity contribution in [1.82, 2.24) is 10.3 Å². The summed E-state index contributed by atoms with van der Waals surface area (Å²) in [6, 6.07) is 21.0. The van der Waals surface area contributed by atoms with Crippen molar-refractivity contribution in [1.29, 1.82) is 0 Å². The lowest BCUT2D eigenvalue weighted by Crippen LogP contribution is -2.29. The number of carbonyl (C=O) groups is 1. The molecule has 0 radical (unpaired) electrons. The maximum absolute atomic E-state index is 11.9. The first-order valence-corrected chi connectivity index (χ1v) is 12.9. The number of carbonyl (C=O) groups excluding carboxylic acids is 1. The van der Waals surface area contributed by atoms with E-state index < -0.39 is 0 Å². The normalized spacial score (nSPS) is 17.1. The predicted molar refractivity (Wildman–Crippen MR) is 152 cm³/mol. The molecule has 0 bridgehead atoms. The van der Waals surface area contributed by atoms with E-state index in [-0.39, 0.29) is 18.0 Å². The Labute approximate surface area is 226 Å². The van der Waals surface area contributed by atoms with E-state index in [9.17, 15) is 4.79 Å². The molecular formula is C29H27ClN4O2S. The van der Waals surface area contributed by atoms with E-state index in [1.807, 2.05) is 87.5 Å². The molecule has 8 heteroatoms. The van der Waals surface area contributed by atoms with Gasteiger partial charge in [0.2, 0.25) is 5.91 Å². The van der Waals surface area contributed by atoms with Gasteiger partial charge in [-0.1, -0.05) is 30.7 Å². The highest BCUT2D eigenvalue weighted by atomic mass is 35.5. The molecule has 5 rings (SSSR count). The topological polar surface area (TPSA) is 70.4 Å². The Bertz CT molecular complexity index is 1470. The van der Waals surface area contributed by atoms with Gasteiger partial charge in [-0.05, 0) is 91.8 Å². The lowest BCUT2D eigenvalue weighted by Gasteiger charge is -2.27. The molecular weight excluding hydrogens is 504 g/mol. The van der Waals surface area contributed by atoms with Crippen molar-refractivity contribution >= 4 is 46.2 Å². The molecule has 1 amide bonds.